The Morgan fingerprint density at radius 1 is 1.44 bits per heavy atom. The summed E-state index contributed by atoms with van der Waals surface area (Å²) >= 11 is 5.59. The first-order valence-electron chi connectivity index (χ1n) is 7.36. The van der Waals surface area contributed by atoms with Crippen molar-refractivity contribution in [1.29, 1.82) is 0 Å². The van der Waals surface area contributed by atoms with Crippen LogP contribution in [-0.2, 0) is 30.5 Å². The molecule has 25 heavy (non-hydrogen) atoms. The summed E-state index contributed by atoms with van der Waals surface area (Å²) in [5.41, 5.74) is 12.2. The molecule has 12 heteroatoms. The Balaban J connectivity index is 1.87. The van der Waals surface area contributed by atoms with Crippen molar-refractivity contribution in [2.24, 2.45) is 5.73 Å². The lowest BCUT2D eigenvalue weighted by Gasteiger charge is -2.24. The number of amides is 1. The molecule has 0 saturated carbocycles. The molecule has 2 fully saturated rings. The highest BCUT2D eigenvalue weighted by molar-refractivity contribution is 8.06. The Kier molecular flexibility index (Phi) is 4.99. The number of fused-ring (bicyclic) bond motifs is 1. The van der Waals surface area contributed by atoms with Gasteiger partial charge in [0.2, 0.25) is 0 Å². The van der Waals surface area contributed by atoms with E-state index in [1.807, 2.05) is 0 Å². The predicted octanol–water partition coefficient (Wildman–Crippen LogP) is 0.615. The van der Waals surface area contributed by atoms with Gasteiger partial charge in [0.25, 0.3) is 5.91 Å². The molecule has 0 aromatic carbocycles. The molecule has 1 aromatic rings. The summed E-state index contributed by atoms with van der Waals surface area (Å²) < 4.78 is 22.6. The van der Waals surface area contributed by atoms with Crippen LogP contribution in [0, 0.1) is 0 Å². The molecule has 0 bridgehead atoms. The highest BCUT2D eigenvalue weighted by Crippen LogP contribution is 2.48. The van der Waals surface area contributed by atoms with Crippen molar-refractivity contribution in [3.63, 3.8) is 0 Å². The molecule has 0 aliphatic carbocycles. The van der Waals surface area contributed by atoms with Crippen LogP contribution < -0.4 is 11.5 Å². The number of thiophene rings is 1. The largest absolute Gasteiger partial charge is 0.397 e. The van der Waals surface area contributed by atoms with E-state index in [4.69, 9.17) is 30.2 Å². The molecule has 1 aromatic heterocycles. The van der Waals surface area contributed by atoms with Crippen LogP contribution in [0.2, 0.25) is 0 Å². The van der Waals surface area contributed by atoms with Crippen LogP contribution in [0.3, 0.4) is 0 Å². The highest BCUT2D eigenvalue weighted by atomic mass is 32.5. The fourth-order valence-electron chi connectivity index (χ4n) is 3.03. The van der Waals surface area contributed by atoms with E-state index < -0.39 is 42.8 Å². The lowest BCUT2D eigenvalue weighted by molar-refractivity contribution is -0.190. The summed E-state index contributed by atoms with van der Waals surface area (Å²) in [4.78, 5) is 30.2. The first kappa shape index (κ1) is 19.2. The van der Waals surface area contributed by atoms with Gasteiger partial charge in [-0.15, -0.1) is 11.3 Å². The molecule has 6 N–H and O–H groups in total. The third-order valence-electron chi connectivity index (χ3n) is 3.95. The molecular weight excluding hydrogens is 391 g/mol. The van der Waals surface area contributed by atoms with Gasteiger partial charge in [-0.25, -0.2) is 0 Å². The molecule has 3 heterocycles. The summed E-state index contributed by atoms with van der Waals surface area (Å²) in [6.45, 7) is -0.479. The van der Waals surface area contributed by atoms with Gasteiger partial charge in [0.05, 0.1) is 12.3 Å². The summed E-state index contributed by atoms with van der Waals surface area (Å²) in [7, 11) is 0. The zero-order valence-electron chi connectivity index (χ0n) is 13.4. The van der Waals surface area contributed by atoms with Crippen molar-refractivity contribution >= 4 is 41.5 Å². The van der Waals surface area contributed by atoms with Gasteiger partial charge >= 0.3 is 6.72 Å². The van der Waals surface area contributed by atoms with Gasteiger partial charge in [-0.2, -0.15) is 0 Å². The van der Waals surface area contributed by atoms with Crippen LogP contribution in [-0.4, -0.2) is 46.4 Å². The highest BCUT2D eigenvalue weighted by Gasteiger charge is 2.56. The van der Waals surface area contributed by atoms with Crippen LogP contribution in [0.1, 0.15) is 35.2 Å². The molecule has 2 saturated heterocycles. The average Bonchev–Trinajstić information content (AvgIpc) is 3.07. The van der Waals surface area contributed by atoms with E-state index >= 15 is 0 Å². The minimum Gasteiger partial charge on any atom is -0.397 e. The average molecular weight is 410 g/mol. The van der Waals surface area contributed by atoms with Crippen LogP contribution in [0.15, 0.2) is 5.38 Å². The molecule has 9 nitrogen and oxygen atoms in total. The molecular formula is C13H19N2O7PS2. The number of hydrogen-bond donors (Lipinski definition) is 4. The Hall–Kier alpha value is -0.620. The zero-order valence-corrected chi connectivity index (χ0v) is 16.0. The quantitative estimate of drug-likeness (QED) is 0.513. The van der Waals surface area contributed by atoms with Crippen molar-refractivity contribution < 1.29 is 33.3 Å². The normalized spacial score (nSPS) is 31.2. The minimum absolute atomic E-state index is 0.173. The van der Waals surface area contributed by atoms with E-state index in [0.717, 1.165) is 11.3 Å². The summed E-state index contributed by atoms with van der Waals surface area (Å²) in [5, 5.41) is 1.69. The van der Waals surface area contributed by atoms with Crippen molar-refractivity contribution in [1.82, 2.24) is 0 Å². The molecule has 140 valence electrons. The molecule has 0 unspecified atom stereocenters. The lowest BCUT2D eigenvalue weighted by Crippen LogP contribution is -2.32. The van der Waals surface area contributed by atoms with Gasteiger partial charge < -0.3 is 40.0 Å². The number of nitrogen functional groups attached to an aromatic ring is 1. The van der Waals surface area contributed by atoms with Gasteiger partial charge in [-0.3, -0.25) is 4.79 Å². The van der Waals surface area contributed by atoms with E-state index in [1.54, 1.807) is 19.2 Å². The van der Waals surface area contributed by atoms with Crippen LogP contribution >= 0.6 is 18.1 Å². The molecule has 4 atom stereocenters. The zero-order chi connectivity index (χ0) is 18.6. The number of carbonyl (C=O) groups excluding carboxylic acids is 1. The standard InChI is InChI=1S/C13H19N2O7PS2/c1-13(2)21-9-6(3-19-23(17,18)24)20-8(10(9)22-13)5-4-25-11(7(5)14)12(15)16/h4,6,8-10H,3,14H2,1-2H3,(H2,15,16)(H2,17,18,24)/t6-,8+,9-,10+/m1/s1. The minimum atomic E-state index is -3.82. The van der Waals surface area contributed by atoms with Crippen LogP contribution in [0.4, 0.5) is 5.69 Å². The van der Waals surface area contributed by atoms with Gasteiger partial charge in [0.15, 0.2) is 5.79 Å². The summed E-state index contributed by atoms with van der Waals surface area (Å²) in [6.07, 6.45) is -2.27. The number of rotatable bonds is 5. The third-order valence-corrected chi connectivity index (χ3v) is 5.78. The maximum atomic E-state index is 11.4. The maximum absolute atomic E-state index is 11.4. The van der Waals surface area contributed by atoms with E-state index in [2.05, 4.69) is 11.8 Å². The Labute approximate surface area is 153 Å². The van der Waals surface area contributed by atoms with Gasteiger partial charge in [0, 0.05) is 5.56 Å². The van der Waals surface area contributed by atoms with Crippen LogP contribution in [0.25, 0.3) is 0 Å². The Morgan fingerprint density at radius 2 is 2.08 bits per heavy atom. The monoisotopic (exact) mass is 410 g/mol. The van der Waals surface area contributed by atoms with E-state index in [0.29, 0.717) is 5.56 Å². The van der Waals surface area contributed by atoms with Gasteiger partial charge in [-0.05, 0) is 31.0 Å². The first-order valence-corrected chi connectivity index (χ1v) is 10.9. The lowest BCUT2D eigenvalue weighted by atomic mass is 10.0. The molecule has 2 aliphatic rings. The van der Waals surface area contributed by atoms with Crippen molar-refractivity contribution in [3.05, 3.63) is 15.8 Å². The molecule has 2 aliphatic heterocycles. The predicted molar refractivity (Wildman–Crippen MR) is 93.4 cm³/mol. The topological polar surface area (TPSA) is 146 Å². The summed E-state index contributed by atoms with van der Waals surface area (Å²) in [6, 6.07) is 0. The second-order valence-electron chi connectivity index (χ2n) is 6.24. The number of nitrogens with two attached hydrogens (primary N) is 2. The van der Waals surface area contributed by atoms with Gasteiger partial charge in [-0.1, -0.05) is 0 Å². The van der Waals surface area contributed by atoms with E-state index in [9.17, 15) is 14.6 Å². The Morgan fingerprint density at radius 3 is 2.64 bits per heavy atom. The third kappa shape index (κ3) is 3.90. The van der Waals surface area contributed by atoms with Crippen molar-refractivity contribution in [3.8, 4) is 0 Å². The van der Waals surface area contributed by atoms with Crippen molar-refractivity contribution in [2.75, 3.05) is 12.3 Å². The fourth-order valence-corrected chi connectivity index (χ4v) is 4.42. The number of anilines is 1. The first-order chi connectivity index (χ1) is 11.5. The fraction of sp³-hybridized carbons (Fsp3) is 0.615. The number of carbonyl (C=O) groups is 1. The second kappa shape index (κ2) is 6.52. The smallest absolute Gasteiger partial charge is 0.321 e. The Bertz CT molecular complexity index is 734. The van der Waals surface area contributed by atoms with Crippen LogP contribution in [0.5, 0.6) is 0 Å². The second-order valence-corrected chi connectivity index (χ2v) is 9.79. The van der Waals surface area contributed by atoms with Gasteiger partial charge in [0.1, 0.15) is 29.3 Å². The number of ether oxygens (including phenoxy) is 3. The SMILES string of the molecule is CC1(C)O[C@@H]2[C@H](O1)[C@@H](COP(O)(O)=S)O[C@H]2c1csc(C(N)=O)c1N. The van der Waals surface area contributed by atoms with E-state index in [-0.39, 0.29) is 17.2 Å². The molecule has 3 rings (SSSR count). The number of primary amides is 1. The van der Waals surface area contributed by atoms with E-state index in [1.165, 1.54) is 0 Å². The molecule has 1 amide bonds. The maximum Gasteiger partial charge on any atom is 0.321 e. The van der Waals surface area contributed by atoms with Crippen molar-refractivity contribution in [2.45, 2.75) is 44.1 Å². The molecule has 0 spiro atoms. The summed E-state index contributed by atoms with van der Waals surface area (Å²) in [5.74, 6) is -1.47. The number of hydrogen-bond acceptors (Lipinski definition) is 8. The molecule has 0 radical (unpaired) electrons.